The van der Waals surface area contributed by atoms with Gasteiger partial charge in [-0.2, -0.15) is 13.2 Å². The van der Waals surface area contributed by atoms with Gasteiger partial charge >= 0.3 is 12.1 Å². The second kappa shape index (κ2) is 10.2. The summed E-state index contributed by atoms with van der Waals surface area (Å²) in [5, 5.41) is 0. The Kier molecular flexibility index (Phi) is 6.80. The summed E-state index contributed by atoms with van der Waals surface area (Å²) in [7, 11) is 0. The Labute approximate surface area is 211 Å². The Morgan fingerprint density at radius 1 is 0.865 bits per heavy atom. The summed E-state index contributed by atoms with van der Waals surface area (Å²) in [6, 6.07) is 23.6. The highest BCUT2D eigenvalue weighted by Gasteiger charge is 2.30. The zero-order valence-corrected chi connectivity index (χ0v) is 19.8. The highest BCUT2D eigenvalue weighted by atomic mass is 19.4. The number of carbonyl (C=O) groups excluding carboxylic acids is 1. The van der Waals surface area contributed by atoms with Crippen molar-refractivity contribution < 1.29 is 27.1 Å². The molecule has 0 fully saturated rings. The lowest BCUT2D eigenvalue weighted by Crippen LogP contribution is -2.30. The Bertz CT molecular complexity index is 1430. The zero-order valence-electron chi connectivity index (χ0n) is 19.8. The van der Waals surface area contributed by atoms with Crippen LogP contribution >= 0.6 is 0 Å². The maximum Gasteiger partial charge on any atom is 0.416 e. The first-order valence-corrected chi connectivity index (χ1v) is 11.8. The molecule has 188 valence electrons. The van der Waals surface area contributed by atoms with Gasteiger partial charge in [-0.25, -0.2) is 9.18 Å². The van der Waals surface area contributed by atoms with Crippen LogP contribution in [0.5, 0.6) is 5.75 Å². The summed E-state index contributed by atoms with van der Waals surface area (Å²) >= 11 is 0. The zero-order chi connectivity index (χ0) is 26.0. The fraction of sp³-hybridized carbons (Fsp3) is 0.167. The standard InChI is InChI=1S/C30H23F4NO2/c31-28-8-4-1-5-23(28)19-35-16-15-21-17-25(14-11-22(21)18-35)37-29(36)27-7-3-2-6-26(27)20-9-12-24(13-10-20)30(32,33)34/h1-14,17H,15-16,18-19H2. The highest BCUT2D eigenvalue weighted by Crippen LogP contribution is 2.32. The normalized spacial score (nSPS) is 13.7. The minimum atomic E-state index is -4.43. The number of hydrogen-bond donors (Lipinski definition) is 0. The van der Waals surface area contributed by atoms with Gasteiger partial charge in [0.05, 0.1) is 11.1 Å². The molecule has 1 aliphatic rings. The van der Waals surface area contributed by atoms with E-state index >= 15 is 0 Å². The maximum absolute atomic E-state index is 14.0. The molecule has 4 aromatic rings. The average Bonchev–Trinajstić information content (AvgIpc) is 2.89. The number of carbonyl (C=O) groups is 1. The number of rotatable bonds is 5. The summed E-state index contributed by atoms with van der Waals surface area (Å²) in [5.41, 5.74) is 3.29. The third-order valence-electron chi connectivity index (χ3n) is 6.50. The number of halogens is 4. The Morgan fingerprint density at radius 3 is 2.35 bits per heavy atom. The van der Waals surface area contributed by atoms with Gasteiger partial charge < -0.3 is 4.74 Å². The van der Waals surface area contributed by atoms with Gasteiger partial charge in [0.25, 0.3) is 0 Å². The molecular formula is C30H23F4NO2. The van der Waals surface area contributed by atoms with E-state index in [4.69, 9.17) is 4.74 Å². The van der Waals surface area contributed by atoms with Crippen molar-refractivity contribution in [3.8, 4) is 16.9 Å². The molecule has 0 aromatic heterocycles. The minimum absolute atomic E-state index is 0.216. The molecule has 5 rings (SSSR count). The molecule has 0 N–H and O–H groups in total. The van der Waals surface area contributed by atoms with Gasteiger partial charge in [0, 0.05) is 25.2 Å². The lowest BCUT2D eigenvalue weighted by Gasteiger charge is -2.29. The predicted octanol–water partition coefficient (Wildman–Crippen LogP) is 7.29. The lowest BCUT2D eigenvalue weighted by molar-refractivity contribution is -0.137. The average molecular weight is 506 g/mol. The van der Waals surface area contributed by atoms with Crippen molar-refractivity contribution in [2.24, 2.45) is 0 Å². The van der Waals surface area contributed by atoms with E-state index in [1.807, 2.05) is 18.2 Å². The van der Waals surface area contributed by atoms with Crippen LogP contribution in [0.2, 0.25) is 0 Å². The number of ether oxygens (including phenoxy) is 1. The molecule has 0 amide bonds. The summed E-state index contributed by atoms with van der Waals surface area (Å²) in [4.78, 5) is 15.2. The van der Waals surface area contributed by atoms with E-state index in [0.29, 0.717) is 35.5 Å². The minimum Gasteiger partial charge on any atom is -0.423 e. The molecule has 0 bridgehead atoms. The summed E-state index contributed by atoms with van der Waals surface area (Å²) < 4.78 is 58.5. The van der Waals surface area contributed by atoms with Crippen molar-refractivity contribution in [1.29, 1.82) is 0 Å². The number of alkyl halides is 3. The maximum atomic E-state index is 14.0. The van der Waals surface area contributed by atoms with Crippen molar-refractivity contribution >= 4 is 5.97 Å². The van der Waals surface area contributed by atoms with Crippen LogP contribution in [0.15, 0.2) is 91.0 Å². The summed E-state index contributed by atoms with van der Waals surface area (Å²) in [6.45, 7) is 1.92. The molecule has 0 atom stereocenters. The molecule has 37 heavy (non-hydrogen) atoms. The van der Waals surface area contributed by atoms with Crippen molar-refractivity contribution in [3.05, 3.63) is 125 Å². The Morgan fingerprint density at radius 2 is 1.59 bits per heavy atom. The second-order valence-corrected chi connectivity index (χ2v) is 8.99. The third kappa shape index (κ3) is 5.57. The fourth-order valence-electron chi connectivity index (χ4n) is 4.57. The number of esters is 1. The van der Waals surface area contributed by atoms with Gasteiger partial charge in [-0.05, 0) is 65.1 Å². The van der Waals surface area contributed by atoms with Crippen LogP contribution < -0.4 is 4.74 Å². The van der Waals surface area contributed by atoms with Crippen LogP contribution in [0.1, 0.15) is 32.6 Å². The largest absolute Gasteiger partial charge is 0.423 e. The predicted molar refractivity (Wildman–Crippen MR) is 132 cm³/mol. The molecule has 0 saturated heterocycles. The van der Waals surface area contributed by atoms with E-state index in [1.165, 1.54) is 18.2 Å². The first kappa shape index (κ1) is 24.7. The molecule has 1 aliphatic heterocycles. The molecule has 0 spiro atoms. The number of hydrogen-bond acceptors (Lipinski definition) is 3. The SMILES string of the molecule is O=C(Oc1ccc2c(c1)CCN(Cc1ccccc1F)C2)c1ccccc1-c1ccc(C(F)(F)F)cc1. The van der Waals surface area contributed by atoms with Crippen LogP contribution in [-0.4, -0.2) is 17.4 Å². The van der Waals surface area contributed by atoms with E-state index in [1.54, 1.807) is 42.5 Å². The molecule has 1 heterocycles. The first-order chi connectivity index (χ1) is 17.8. The second-order valence-electron chi connectivity index (χ2n) is 8.99. The number of fused-ring (bicyclic) bond motifs is 1. The van der Waals surface area contributed by atoms with Crippen LogP contribution in [-0.2, 0) is 25.7 Å². The highest BCUT2D eigenvalue weighted by molar-refractivity contribution is 5.98. The van der Waals surface area contributed by atoms with E-state index < -0.39 is 17.7 Å². The molecule has 0 aliphatic carbocycles. The van der Waals surface area contributed by atoms with Gasteiger partial charge in [0.1, 0.15) is 11.6 Å². The summed E-state index contributed by atoms with van der Waals surface area (Å²) in [5.74, 6) is -0.409. The number of benzene rings is 4. The van der Waals surface area contributed by atoms with Crippen LogP contribution in [0.3, 0.4) is 0 Å². The molecule has 0 saturated carbocycles. The molecular weight excluding hydrogens is 482 g/mol. The van der Waals surface area contributed by atoms with Crippen LogP contribution in [0.4, 0.5) is 17.6 Å². The van der Waals surface area contributed by atoms with Gasteiger partial charge in [0.2, 0.25) is 0 Å². The molecule has 4 aromatic carbocycles. The summed E-state index contributed by atoms with van der Waals surface area (Å²) in [6.07, 6.45) is -3.70. The molecule has 3 nitrogen and oxygen atoms in total. The van der Waals surface area contributed by atoms with Crippen LogP contribution in [0, 0.1) is 5.82 Å². The van der Waals surface area contributed by atoms with Crippen molar-refractivity contribution in [2.75, 3.05) is 6.54 Å². The van der Waals surface area contributed by atoms with Crippen molar-refractivity contribution in [3.63, 3.8) is 0 Å². The topological polar surface area (TPSA) is 29.5 Å². The van der Waals surface area contributed by atoms with Crippen LogP contribution in [0.25, 0.3) is 11.1 Å². The van der Waals surface area contributed by atoms with Crippen molar-refractivity contribution in [1.82, 2.24) is 4.90 Å². The van der Waals surface area contributed by atoms with E-state index in [9.17, 15) is 22.4 Å². The van der Waals surface area contributed by atoms with Gasteiger partial charge in [0.15, 0.2) is 0 Å². The van der Waals surface area contributed by atoms with Crippen molar-refractivity contribution in [2.45, 2.75) is 25.7 Å². The van der Waals surface area contributed by atoms with E-state index in [0.717, 1.165) is 36.2 Å². The molecule has 0 radical (unpaired) electrons. The third-order valence-corrected chi connectivity index (χ3v) is 6.50. The number of nitrogens with zero attached hydrogens (tertiary/aromatic N) is 1. The van der Waals surface area contributed by atoms with Gasteiger partial charge in [-0.3, -0.25) is 4.90 Å². The quantitative estimate of drug-likeness (QED) is 0.162. The molecule has 7 heteroatoms. The molecule has 0 unspecified atom stereocenters. The fourth-order valence-corrected chi connectivity index (χ4v) is 4.57. The van der Waals surface area contributed by atoms with Gasteiger partial charge in [-0.15, -0.1) is 0 Å². The van der Waals surface area contributed by atoms with E-state index in [2.05, 4.69) is 4.90 Å². The first-order valence-electron chi connectivity index (χ1n) is 11.8. The van der Waals surface area contributed by atoms with Gasteiger partial charge in [-0.1, -0.05) is 54.6 Å². The monoisotopic (exact) mass is 505 g/mol. The Balaban J connectivity index is 1.30. The smallest absolute Gasteiger partial charge is 0.416 e. The van der Waals surface area contributed by atoms with E-state index in [-0.39, 0.29) is 11.4 Å². The lowest BCUT2D eigenvalue weighted by atomic mass is 9.98. The Hall–Kier alpha value is -3.97.